The fourth-order valence-electron chi connectivity index (χ4n) is 3.67. The first-order valence-electron chi connectivity index (χ1n) is 9.22. The van der Waals surface area contributed by atoms with Crippen molar-refractivity contribution in [3.05, 3.63) is 58.7 Å². The van der Waals surface area contributed by atoms with Crippen molar-refractivity contribution < 1.29 is 9.47 Å². The first kappa shape index (κ1) is 18.7. The Morgan fingerprint density at radius 1 is 1.12 bits per heavy atom. The van der Waals surface area contributed by atoms with E-state index < -0.39 is 0 Å². The highest BCUT2D eigenvalue weighted by atomic mass is 16.5. The van der Waals surface area contributed by atoms with Crippen molar-refractivity contribution in [2.45, 2.75) is 33.0 Å². The second-order valence-corrected chi connectivity index (χ2v) is 7.46. The van der Waals surface area contributed by atoms with Gasteiger partial charge in [-0.2, -0.15) is 0 Å². The molecule has 4 nitrogen and oxygen atoms in total. The van der Waals surface area contributed by atoms with Crippen LogP contribution in [0.2, 0.25) is 0 Å². The van der Waals surface area contributed by atoms with Crippen LogP contribution < -0.4 is 9.47 Å². The zero-order valence-electron chi connectivity index (χ0n) is 16.6. The van der Waals surface area contributed by atoms with E-state index in [9.17, 15) is 0 Å². The predicted molar refractivity (Wildman–Crippen MR) is 106 cm³/mol. The molecule has 0 aromatic heterocycles. The van der Waals surface area contributed by atoms with Crippen LogP contribution in [0.3, 0.4) is 0 Å². The number of rotatable bonds is 5. The van der Waals surface area contributed by atoms with Crippen LogP contribution in [0.4, 0.5) is 0 Å². The van der Waals surface area contributed by atoms with Gasteiger partial charge in [0, 0.05) is 31.7 Å². The number of benzene rings is 2. The van der Waals surface area contributed by atoms with Crippen LogP contribution in [-0.2, 0) is 13.1 Å². The molecule has 140 valence electrons. The molecule has 1 aliphatic heterocycles. The number of nitrogens with zero attached hydrogens (tertiary/aromatic N) is 2. The van der Waals surface area contributed by atoms with Crippen LogP contribution in [0.1, 0.15) is 22.3 Å². The molecule has 4 heteroatoms. The molecule has 2 aromatic rings. The Kier molecular flexibility index (Phi) is 5.84. The standard InChI is InChI=1S/C22H30N2O2/c1-16-17(2)21(25-5)11-10-18(16)12-24-13-19-8-6-7-9-22(19)26-20(15-24)14-23(3)4/h6-11,20H,12-15H2,1-5H3/t20-/m1/s1. The average Bonchev–Trinajstić information content (AvgIpc) is 2.77. The maximum absolute atomic E-state index is 6.32. The van der Waals surface area contributed by atoms with Crippen molar-refractivity contribution in [3.8, 4) is 11.5 Å². The Balaban J connectivity index is 1.85. The van der Waals surface area contributed by atoms with Crippen molar-refractivity contribution >= 4 is 0 Å². The largest absolute Gasteiger partial charge is 0.496 e. The Morgan fingerprint density at radius 3 is 2.62 bits per heavy atom. The Labute approximate surface area is 157 Å². The molecule has 0 amide bonds. The normalized spacial score (nSPS) is 17.5. The molecule has 0 aliphatic carbocycles. The van der Waals surface area contributed by atoms with Gasteiger partial charge in [0.2, 0.25) is 0 Å². The van der Waals surface area contributed by atoms with Gasteiger partial charge in [-0.15, -0.1) is 0 Å². The van der Waals surface area contributed by atoms with Crippen molar-refractivity contribution in [3.63, 3.8) is 0 Å². The first-order chi connectivity index (χ1) is 12.5. The summed E-state index contributed by atoms with van der Waals surface area (Å²) in [6.45, 7) is 7.96. The summed E-state index contributed by atoms with van der Waals surface area (Å²) >= 11 is 0. The number of methoxy groups -OCH3 is 1. The first-order valence-corrected chi connectivity index (χ1v) is 9.22. The summed E-state index contributed by atoms with van der Waals surface area (Å²) in [5, 5.41) is 0. The molecule has 0 saturated heterocycles. The lowest BCUT2D eigenvalue weighted by Gasteiger charge is -2.26. The van der Waals surface area contributed by atoms with Gasteiger partial charge in [-0.25, -0.2) is 0 Å². The lowest BCUT2D eigenvalue weighted by Crippen LogP contribution is -2.39. The third-order valence-corrected chi connectivity index (χ3v) is 5.15. The smallest absolute Gasteiger partial charge is 0.124 e. The summed E-state index contributed by atoms with van der Waals surface area (Å²) < 4.78 is 11.8. The maximum Gasteiger partial charge on any atom is 0.124 e. The molecule has 0 fully saturated rings. The molecule has 0 radical (unpaired) electrons. The zero-order valence-corrected chi connectivity index (χ0v) is 16.6. The minimum atomic E-state index is 0.160. The average molecular weight is 354 g/mol. The number of fused-ring (bicyclic) bond motifs is 1. The second-order valence-electron chi connectivity index (χ2n) is 7.46. The summed E-state index contributed by atoms with van der Waals surface area (Å²) in [5.41, 5.74) is 5.15. The lowest BCUT2D eigenvalue weighted by molar-refractivity contribution is 0.116. The van der Waals surface area contributed by atoms with E-state index in [-0.39, 0.29) is 6.10 Å². The van der Waals surface area contributed by atoms with Gasteiger partial charge in [-0.1, -0.05) is 24.3 Å². The Morgan fingerprint density at radius 2 is 1.88 bits per heavy atom. The molecule has 26 heavy (non-hydrogen) atoms. The fraction of sp³-hybridized carbons (Fsp3) is 0.455. The third-order valence-electron chi connectivity index (χ3n) is 5.15. The monoisotopic (exact) mass is 354 g/mol. The van der Waals surface area contributed by atoms with E-state index in [1.165, 1.54) is 22.3 Å². The minimum Gasteiger partial charge on any atom is -0.496 e. The number of para-hydroxylation sites is 1. The molecular formula is C22H30N2O2. The van der Waals surface area contributed by atoms with Crippen molar-refractivity contribution in [2.24, 2.45) is 0 Å². The molecule has 1 heterocycles. The summed E-state index contributed by atoms with van der Waals surface area (Å²) in [7, 11) is 5.93. The van der Waals surface area contributed by atoms with Gasteiger partial charge in [0.25, 0.3) is 0 Å². The van der Waals surface area contributed by atoms with E-state index in [1.54, 1.807) is 7.11 Å². The topological polar surface area (TPSA) is 24.9 Å². The van der Waals surface area contributed by atoms with Gasteiger partial charge < -0.3 is 14.4 Å². The van der Waals surface area contributed by atoms with Crippen LogP contribution in [0.5, 0.6) is 11.5 Å². The van der Waals surface area contributed by atoms with Crippen molar-refractivity contribution in [2.75, 3.05) is 34.3 Å². The summed E-state index contributed by atoms with van der Waals surface area (Å²) in [4.78, 5) is 4.69. The molecule has 1 aliphatic rings. The van der Waals surface area contributed by atoms with Crippen LogP contribution in [-0.4, -0.2) is 50.2 Å². The highest BCUT2D eigenvalue weighted by molar-refractivity contribution is 5.43. The summed E-state index contributed by atoms with van der Waals surface area (Å²) in [6, 6.07) is 12.7. The summed E-state index contributed by atoms with van der Waals surface area (Å²) in [6.07, 6.45) is 0.160. The molecule has 0 bridgehead atoms. The summed E-state index contributed by atoms with van der Waals surface area (Å²) in [5.74, 6) is 1.98. The van der Waals surface area contributed by atoms with Gasteiger partial charge >= 0.3 is 0 Å². The SMILES string of the molecule is COc1ccc(CN2Cc3ccccc3O[C@H](CN(C)C)C2)c(C)c1C. The number of hydrogen-bond acceptors (Lipinski definition) is 4. The minimum absolute atomic E-state index is 0.160. The van der Waals surface area contributed by atoms with Crippen molar-refractivity contribution in [1.82, 2.24) is 9.80 Å². The van der Waals surface area contributed by atoms with Gasteiger partial charge in [-0.3, -0.25) is 4.90 Å². The van der Waals surface area contributed by atoms with E-state index in [0.29, 0.717) is 0 Å². The molecule has 0 spiro atoms. The van der Waals surface area contributed by atoms with Crippen molar-refractivity contribution in [1.29, 1.82) is 0 Å². The molecule has 0 unspecified atom stereocenters. The lowest BCUT2D eigenvalue weighted by atomic mass is 10.0. The Bertz CT molecular complexity index is 758. The van der Waals surface area contributed by atoms with E-state index in [4.69, 9.17) is 9.47 Å². The number of likely N-dealkylation sites (N-methyl/N-ethyl adjacent to an activating group) is 1. The quantitative estimate of drug-likeness (QED) is 0.818. The third kappa shape index (κ3) is 4.19. The second kappa shape index (κ2) is 8.11. The molecule has 3 rings (SSSR count). The molecule has 1 atom stereocenters. The molecular weight excluding hydrogens is 324 g/mol. The van der Waals surface area contributed by atoms with E-state index in [1.807, 2.05) is 0 Å². The van der Waals surface area contributed by atoms with Crippen LogP contribution in [0.25, 0.3) is 0 Å². The van der Waals surface area contributed by atoms with Crippen LogP contribution >= 0.6 is 0 Å². The molecule has 0 N–H and O–H groups in total. The number of ether oxygens (including phenoxy) is 2. The van der Waals surface area contributed by atoms with Crippen LogP contribution in [0, 0.1) is 13.8 Å². The van der Waals surface area contributed by atoms with Gasteiger partial charge in [0.05, 0.1) is 7.11 Å². The van der Waals surface area contributed by atoms with Gasteiger partial charge in [-0.05, 0) is 56.8 Å². The van der Waals surface area contributed by atoms with E-state index in [0.717, 1.165) is 37.7 Å². The van der Waals surface area contributed by atoms with Gasteiger partial charge in [0.1, 0.15) is 17.6 Å². The van der Waals surface area contributed by atoms with E-state index in [2.05, 4.69) is 74.1 Å². The van der Waals surface area contributed by atoms with Crippen LogP contribution in [0.15, 0.2) is 36.4 Å². The number of hydrogen-bond donors (Lipinski definition) is 0. The zero-order chi connectivity index (χ0) is 18.7. The fourth-order valence-corrected chi connectivity index (χ4v) is 3.67. The molecule has 0 saturated carbocycles. The highest BCUT2D eigenvalue weighted by Crippen LogP contribution is 2.28. The van der Waals surface area contributed by atoms with Gasteiger partial charge in [0.15, 0.2) is 0 Å². The van der Waals surface area contributed by atoms with E-state index >= 15 is 0 Å². The Hall–Kier alpha value is -2.04. The highest BCUT2D eigenvalue weighted by Gasteiger charge is 2.24. The molecule has 2 aromatic carbocycles. The maximum atomic E-state index is 6.32. The predicted octanol–water partition coefficient (Wildman–Crippen LogP) is 3.64.